The maximum absolute atomic E-state index is 13.8. The molecule has 0 saturated carbocycles. The van der Waals surface area contributed by atoms with Crippen LogP contribution in [0.3, 0.4) is 0 Å². The van der Waals surface area contributed by atoms with Crippen molar-refractivity contribution in [2.24, 2.45) is 0 Å². The average molecular weight is 671 g/mol. The number of hydrogen-bond acceptors (Lipinski definition) is 11. The van der Waals surface area contributed by atoms with E-state index in [-0.39, 0.29) is 35.5 Å². The first kappa shape index (κ1) is 36.2. The van der Waals surface area contributed by atoms with Crippen molar-refractivity contribution in [1.82, 2.24) is 19.8 Å². The topological polar surface area (TPSA) is 136 Å². The maximum Gasteiger partial charge on any atom is 0.421 e. The lowest BCUT2D eigenvalue weighted by molar-refractivity contribution is 0.0597. The number of carbonyl (C=O) groups is 3. The van der Waals surface area contributed by atoms with Crippen LogP contribution in [0.1, 0.15) is 40.1 Å². The van der Waals surface area contributed by atoms with Crippen LogP contribution in [0, 0.1) is 0 Å². The van der Waals surface area contributed by atoms with Gasteiger partial charge in [-0.15, -0.1) is 0 Å². The summed E-state index contributed by atoms with van der Waals surface area (Å²) in [6.07, 6.45) is 0.678. The Morgan fingerprint density at radius 2 is 1.57 bits per heavy atom. The molecule has 1 heterocycles. The van der Waals surface area contributed by atoms with E-state index in [2.05, 4.69) is 34.0 Å². The summed E-state index contributed by atoms with van der Waals surface area (Å²) in [6.45, 7) is 7.45. The average Bonchev–Trinajstić information content (AvgIpc) is 3.14. The van der Waals surface area contributed by atoms with Crippen LogP contribution < -0.4 is 24.4 Å². The van der Waals surface area contributed by atoms with E-state index in [0.29, 0.717) is 34.9 Å². The largest absolute Gasteiger partial charge is 0.497 e. The Hall–Kier alpha value is -5.69. The van der Waals surface area contributed by atoms with Crippen molar-refractivity contribution in [2.45, 2.75) is 20.4 Å². The first-order valence-corrected chi connectivity index (χ1v) is 15.8. The van der Waals surface area contributed by atoms with Gasteiger partial charge in [-0.1, -0.05) is 26.0 Å². The fourth-order valence-corrected chi connectivity index (χ4v) is 4.94. The number of amides is 2. The van der Waals surface area contributed by atoms with E-state index >= 15 is 0 Å². The molecule has 0 aliphatic heterocycles. The number of methoxy groups -OCH3 is 3. The molecule has 13 nitrogen and oxygen atoms in total. The molecule has 0 spiro atoms. The lowest BCUT2D eigenvalue weighted by Gasteiger charge is -2.23. The van der Waals surface area contributed by atoms with E-state index in [1.54, 1.807) is 72.6 Å². The summed E-state index contributed by atoms with van der Waals surface area (Å²) in [4.78, 5) is 53.4. The van der Waals surface area contributed by atoms with Crippen LogP contribution in [0.4, 0.5) is 22.2 Å². The van der Waals surface area contributed by atoms with Gasteiger partial charge < -0.3 is 34.1 Å². The second-order valence-electron chi connectivity index (χ2n) is 10.8. The number of aromatic nitrogens is 2. The van der Waals surface area contributed by atoms with Gasteiger partial charge in [-0.05, 0) is 73.8 Å². The zero-order valence-corrected chi connectivity index (χ0v) is 28.6. The number of benzene rings is 3. The first-order chi connectivity index (χ1) is 23.7. The Bertz CT molecular complexity index is 1730. The summed E-state index contributed by atoms with van der Waals surface area (Å²) in [7, 11) is 6.10. The van der Waals surface area contributed by atoms with Gasteiger partial charge in [0.25, 0.3) is 5.91 Å². The lowest BCUT2D eigenvalue weighted by atomic mass is 10.1. The Morgan fingerprint density at radius 1 is 0.837 bits per heavy atom. The molecule has 258 valence electrons. The molecule has 49 heavy (non-hydrogen) atoms. The fourth-order valence-electron chi connectivity index (χ4n) is 4.94. The van der Waals surface area contributed by atoms with Crippen molar-refractivity contribution < 1.29 is 33.3 Å². The highest BCUT2D eigenvalue weighted by Crippen LogP contribution is 2.29. The third kappa shape index (κ3) is 9.45. The van der Waals surface area contributed by atoms with Crippen LogP contribution in [-0.2, 0) is 11.3 Å². The van der Waals surface area contributed by atoms with Gasteiger partial charge in [0.05, 0.1) is 27.9 Å². The van der Waals surface area contributed by atoms with Gasteiger partial charge in [0.2, 0.25) is 5.95 Å². The molecule has 1 aromatic heterocycles. The van der Waals surface area contributed by atoms with Gasteiger partial charge in [0.1, 0.15) is 28.6 Å². The Morgan fingerprint density at radius 3 is 2.24 bits per heavy atom. The van der Waals surface area contributed by atoms with E-state index in [9.17, 15) is 14.4 Å². The summed E-state index contributed by atoms with van der Waals surface area (Å²) >= 11 is 0. The molecule has 4 rings (SSSR count). The molecular formula is C36H42N6O7. The minimum Gasteiger partial charge on any atom is -0.497 e. The molecule has 3 aromatic carbocycles. The molecule has 2 amide bonds. The standard InChI is InChI=1S/C36H42N6O7/c1-7-41(8-2)22-21-40(3)33(43)25-13-15-27(16-14-25)38-35-37-20-19-32(39-35)42(24-26-23-28(46-4)17-18-30(26)47-5)36(45)49-31-12-10-9-11-29(31)34(44)48-6/h9-20,23H,7-8,21-22,24H2,1-6H3,(H,37,38,39). The Kier molecular flexibility index (Phi) is 12.9. The van der Waals surface area contributed by atoms with Gasteiger partial charge in [-0.2, -0.15) is 4.98 Å². The number of esters is 1. The van der Waals surface area contributed by atoms with Crippen molar-refractivity contribution in [3.8, 4) is 17.2 Å². The number of para-hydroxylation sites is 1. The van der Waals surface area contributed by atoms with Crippen molar-refractivity contribution in [3.63, 3.8) is 0 Å². The molecule has 13 heteroatoms. The van der Waals surface area contributed by atoms with Crippen LogP contribution in [0.25, 0.3) is 0 Å². The third-order valence-electron chi connectivity index (χ3n) is 7.82. The van der Waals surface area contributed by atoms with Crippen molar-refractivity contribution >= 4 is 35.4 Å². The molecule has 1 N–H and O–H groups in total. The predicted molar refractivity (Wildman–Crippen MR) is 186 cm³/mol. The molecule has 0 bridgehead atoms. The summed E-state index contributed by atoms with van der Waals surface area (Å²) < 4.78 is 21.6. The van der Waals surface area contributed by atoms with Crippen LogP contribution in [0.5, 0.6) is 17.2 Å². The molecule has 0 atom stereocenters. The quantitative estimate of drug-likeness (QED) is 0.157. The van der Waals surface area contributed by atoms with Crippen LogP contribution in [0.15, 0.2) is 79.0 Å². The van der Waals surface area contributed by atoms with Crippen LogP contribution >= 0.6 is 0 Å². The molecule has 0 unspecified atom stereocenters. The molecule has 0 radical (unpaired) electrons. The summed E-state index contributed by atoms with van der Waals surface area (Å²) in [6, 6.07) is 20.0. The number of nitrogens with one attached hydrogen (secondary N) is 1. The van der Waals surface area contributed by atoms with E-state index < -0.39 is 12.1 Å². The van der Waals surface area contributed by atoms with Gasteiger partial charge in [-0.3, -0.25) is 9.69 Å². The van der Waals surface area contributed by atoms with E-state index in [1.165, 1.54) is 44.6 Å². The molecule has 0 aliphatic rings. The van der Waals surface area contributed by atoms with Gasteiger partial charge in [0, 0.05) is 43.1 Å². The highest BCUT2D eigenvalue weighted by atomic mass is 16.6. The van der Waals surface area contributed by atoms with E-state index in [4.69, 9.17) is 18.9 Å². The molecule has 4 aromatic rings. The second kappa shape index (κ2) is 17.5. The highest BCUT2D eigenvalue weighted by molar-refractivity contribution is 5.95. The molecule has 0 saturated heterocycles. The van der Waals surface area contributed by atoms with Crippen molar-refractivity contribution in [1.29, 1.82) is 0 Å². The van der Waals surface area contributed by atoms with Gasteiger partial charge in [0.15, 0.2) is 0 Å². The monoisotopic (exact) mass is 670 g/mol. The normalized spacial score (nSPS) is 10.7. The number of hydrogen-bond donors (Lipinski definition) is 1. The van der Waals surface area contributed by atoms with E-state index in [0.717, 1.165) is 19.6 Å². The SMILES string of the molecule is CCN(CC)CCN(C)C(=O)c1ccc(Nc2nccc(N(Cc3cc(OC)ccc3OC)C(=O)Oc3ccccc3C(=O)OC)n2)cc1. The van der Waals surface area contributed by atoms with Gasteiger partial charge in [-0.25, -0.2) is 14.6 Å². The summed E-state index contributed by atoms with van der Waals surface area (Å²) in [5.74, 6) is 0.742. The Balaban J connectivity index is 1.59. The lowest BCUT2D eigenvalue weighted by Crippen LogP contribution is -2.36. The molecule has 0 aliphatic carbocycles. The minimum absolute atomic E-state index is 0.0164. The Labute approximate surface area is 286 Å². The van der Waals surface area contributed by atoms with E-state index in [1.807, 2.05) is 0 Å². The number of likely N-dealkylation sites (N-methyl/N-ethyl adjacent to an activating group) is 2. The summed E-state index contributed by atoms with van der Waals surface area (Å²) in [5, 5.41) is 3.14. The number of nitrogens with zero attached hydrogens (tertiary/aromatic N) is 5. The van der Waals surface area contributed by atoms with Gasteiger partial charge >= 0.3 is 12.1 Å². The third-order valence-corrected chi connectivity index (χ3v) is 7.82. The first-order valence-electron chi connectivity index (χ1n) is 15.8. The fraction of sp³-hybridized carbons (Fsp3) is 0.306. The van der Waals surface area contributed by atoms with Crippen molar-refractivity contribution in [3.05, 3.63) is 95.7 Å². The number of anilines is 3. The van der Waals surface area contributed by atoms with Crippen molar-refractivity contribution in [2.75, 3.05) is 64.8 Å². The minimum atomic E-state index is -0.821. The number of ether oxygens (including phenoxy) is 4. The molecule has 0 fully saturated rings. The van der Waals surface area contributed by atoms with Crippen LogP contribution in [0.2, 0.25) is 0 Å². The number of rotatable bonds is 15. The summed E-state index contributed by atoms with van der Waals surface area (Å²) in [5.41, 5.74) is 1.88. The highest BCUT2D eigenvalue weighted by Gasteiger charge is 2.25. The zero-order valence-electron chi connectivity index (χ0n) is 28.6. The zero-order chi connectivity index (χ0) is 35.3. The maximum atomic E-state index is 13.8. The second-order valence-corrected chi connectivity index (χ2v) is 10.8. The smallest absolute Gasteiger partial charge is 0.421 e. The molecular weight excluding hydrogens is 628 g/mol. The van der Waals surface area contributed by atoms with Crippen LogP contribution in [-0.4, -0.2) is 92.3 Å². The predicted octanol–water partition coefficient (Wildman–Crippen LogP) is 5.64. The number of carbonyl (C=O) groups excluding carboxylic acids is 3.